The number of halogens is 1. The highest BCUT2D eigenvalue weighted by Gasteiger charge is 2.05. The van der Waals surface area contributed by atoms with Gasteiger partial charge in [0.15, 0.2) is 0 Å². The summed E-state index contributed by atoms with van der Waals surface area (Å²) in [6.07, 6.45) is 4.85. The van der Waals surface area contributed by atoms with E-state index < -0.39 is 0 Å². The molecule has 1 aromatic carbocycles. The number of aromatic nitrogens is 2. The van der Waals surface area contributed by atoms with Crippen LogP contribution in [0, 0.1) is 0 Å². The molecule has 0 bridgehead atoms. The summed E-state index contributed by atoms with van der Waals surface area (Å²) in [4.78, 5) is 0. The Morgan fingerprint density at radius 2 is 2.20 bits per heavy atom. The Kier molecular flexibility index (Phi) is 5.47. The van der Waals surface area contributed by atoms with Gasteiger partial charge in [0.1, 0.15) is 5.75 Å². The number of ether oxygens (including phenoxy) is 1. The number of hydrogen-bond acceptors (Lipinski definition) is 3. The summed E-state index contributed by atoms with van der Waals surface area (Å²) in [6, 6.07) is 6.10. The molecule has 0 spiro atoms. The molecule has 20 heavy (non-hydrogen) atoms. The normalized spacial score (nSPS) is 10.6. The molecular formula is C15H20BrN3O. The average molecular weight is 338 g/mol. The van der Waals surface area contributed by atoms with E-state index in [0.717, 1.165) is 41.0 Å². The van der Waals surface area contributed by atoms with Crippen molar-refractivity contribution in [3.63, 3.8) is 0 Å². The van der Waals surface area contributed by atoms with Gasteiger partial charge < -0.3 is 10.1 Å². The molecule has 0 saturated carbocycles. The predicted molar refractivity (Wildman–Crippen MR) is 85.2 cm³/mol. The van der Waals surface area contributed by atoms with Gasteiger partial charge >= 0.3 is 0 Å². The SMILES string of the molecule is CCCOc1ccc(Br)cc1CNc1cnn(CC)c1. The largest absolute Gasteiger partial charge is 0.493 e. The minimum atomic E-state index is 0.716. The Bertz CT molecular complexity index is 554. The van der Waals surface area contributed by atoms with Gasteiger partial charge in [0.2, 0.25) is 0 Å². The van der Waals surface area contributed by atoms with E-state index in [-0.39, 0.29) is 0 Å². The van der Waals surface area contributed by atoms with Crippen LogP contribution < -0.4 is 10.1 Å². The van der Waals surface area contributed by atoms with Crippen LogP contribution >= 0.6 is 15.9 Å². The average Bonchev–Trinajstić information content (AvgIpc) is 2.92. The van der Waals surface area contributed by atoms with Crippen molar-refractivity contribution in [2.45, 2.75) is 33.4 Å². The Labute approximate surface area is 128 Å². The second kappa shape index (κ2) is 7.33. The quantitative estimate of drug-likeness (QED) is 0.827. The second-order valence-corrected chi connectivity index (χ2v) is 5.45. The fraction of sp³-hybridized carbons (Fsp3) is 0.400. The van der Waals surface area contributed by atoms with Crippen molar-refractivity contribution < 1.29 is 4.74 Å². The van der Waals surface area contributed by atoms with E-state index in [1.165, 1.54) is 0 Å². The van der Waals surface area contributed by atoms with Crippen molar-refractivity contribution >= 4 is 21.6 Å². The van der Waals surface area contributed by atoms with E-state index >= 15 is 0 Å². The Morgan fingerprint density at radius 1 is 1.35 bits per heavy atom. The molecule has 2 aromatic rings. The molecule has 1 N–H and O–H groups in total. The fourth-order valence-electron chi connectivity index (χ4n) is 1.86. The first kappa shape index (κ1) is 14.9. The summed E-state index contributed by atoms with van der Waals surface area (Å²) in [5.74, 6) is 0.936. The number of anilines is 1. The maximum atomic E-state index is 5.77. The maximum absolute atomic E-state index is 5.77. The molecule has 0 aliphatic rings. The molecule has 0 radical (unpaired) electrons. The molecule has 4 nitrogen and oxygen atoms in total. The van der Waals surface area contributed by atoms with Crippen molar-refractivity contribution in [2.24, 2.45) is 0 Å². The van der Waals surface area contributed by atoms with Crippen LogP contribution in [-0.4, -0.2) is 16.4 Å². The summed E-state index contributed by atoms with van der Waals surface area (Å²) in [5.41, 5.74) is 2.16. The highest BCUT2D eigenvalue weighted by Crippen LogP contribution is 2.24. The summed E-state index contributed by atoms with van der Waals surface area (Å²) < 4.78 is 8.73. The summed E-state index contributed by atoms with van der Waals surface area (Å²) in [5, 5.41) is 7.63. The van der Waals surface area contributed by atoms with Crippen molar-refractivity contribution in [2.75, 3.05) is 11.9 Å². The third-order valence-corrected chi connectivity index (χ3v) is 3.42. The third-order valence-electron chi connectivity index (χ3n) is 2.92. The van der Waals surface area contributed by atoms with Crippen LogP contribution in [0.2, 0.25) is 0 Å². The van der Waals surface area contributed by atoms with Gasteiger partial charge in [-0.1, -0.05) is 22.9 Å². The molecule has 108 valence electrons. The summed E-state index contributed by atoms with van der Waals surface area (Å²) in [6.45, 7) is 6.51. The van der Waals surface area contributed by atoms with E-state index in [1.54, 1.807) is 0 Å². The van der Waals surface area contributed by atoms with Gasteiger partial charge in [-0.25, -0.2) is 0 Å². The van der Waals surface area contributed by atoms with Gasteiger partial charge in [-0.05, 0) is 31.5 Å². The molecule has 0 amide bonds. The molecule has 5 heteroatoms. The number of hydrogen-bond donors (Lipinski definition) is 1. The van der Waals surface area contributed by atoms with Gasteiger partial charge in [0.05, 0.1) is 18.5 Å². The predicted octanol–water partition coefficient (Wildman–Crippen LogP) is 4.07. The number of aryl methyl sites for hydroxylation is 1. The van der Waals surface area contributed by atoms with Gasteiger partial charge in [-0.15, -0.1) is 0 Å². The lowest BCUT2D eigenvalue weighted by Gasteiger charge is -2.12. The number of nitrogens with one attached hydrogen (secondary N) is 1. The smallest absolute Gasteiger partial charge is 0.124 e. The lowest BCUT2D eigenvalue weighted by Crippen LogP contribution is -2.04. The van der Waals surface area contributed by atoms with Gasteiger partial charge in [-0.2, -0.15) is 5.10 Å². The second-order valence-electron chi connectivity index (χ2n) is 4.54. The number of benzene rings is 1. The lowest BCUT2D eigenvalue weighted by atomic mass is 10.2. The van der Waals surface area contributed by atoms with Crippen molar-refractivity contribution in [3.8, 4) is 5.75 Å². The molecule has 0 aliphatic heterocycles. The van der Waals surface area contributed by atoms with Crippen LogP contribution in [0.3, 0.4) is 0 Å². The van der Waals surface area contributed by atoms with Crippen LogP contribution in [0.25, 0.3) is 0 Å². The fourth-order valence-corrected chi connectivity index (χ4v) is 2.27. The molecule has 0 atom stereocenters. The highest BCUT2D eigenvalue weighted by atomic mass is 79.9. The van der Waals surface area contributed by atoms with Crippen molar-refractivity contribution in [1.82, 2.24) is 9.78 Å². The van der Waals surface area contributed by atoms with E-state index in [9.17, 15) is 0 Å². The van der Waals surface area contributed by atoms with Gasteiger partial charge in [0.25, 0.3) is 0 Å². The molecule has 1 aromatic heterocycles. The first-order chi connectivity index (χ1) is 9.72. The molecule has 2 rings (SSSR count). The zero-order valence-electron chi connectivity index (χ0n) is 11.9. The van der Waals surface area contributed by atoms with Crippen LogP contribution in [0.15, 0.2) is 35.1 Å². The molecule has 0 fully saturated rings. The minimum absolute atomic E-state index is 0.716. The number of nitrogens with zero attached hydrogens (tertiary/aromatic N) is 2. The first-order valence-corrected chi connectivity index (χ1v) is 7.69. The summed E-state index contributed by atoms with van der Waals surface area (Å²) in [7, 11) is 0. The zero-order chi connectivity index (χ0) is 14.4. The van der Waals surface area contributed by atoms with Crippen LogP contribution in [0.1, 0.15) is 25.8 Å². The first-order valence-electron chi connectivity index (χ1n) is 6.90. The monoisotopic (exact) mass is 337 g/mol. The van der Waals surface area contributed by atoms with Gasteiger partial charge in [0, 0.05) is 29.3 Å². The van der Waals surface area contributed by atoms with Crippen LogP contribution in [0.5, 0.6) is 5.75 Å². The van der Waals surface area contributed by atoms with E-state index in [1.807, 2.05) is 29.2 Å². The molecule has 0 unspecified atom stereocenters. The maximum Gasteiger partial charge on any atom is 0.124 e. The standard InChI is InChI=1S/C15H20BrN3O/c1-3-7-20-15-6-5-13(16)8-12(15)9-17-14-10-18-19(4-2)11-14/h5-6,8,10-11,17H,3-4,7,9H2,1-2H3. The molecule has 1 heterocycles. The lowest BCUT2D eigenvalue weighted by molar-refractivity contribution is 0.314. The van der Waals surface area contributed by atoms with E-state index in [0.29, 0.717) is 6.54 Å². The Hall–Kier alpha value is -1.49. The Morgan fingerprint density at radius 3 is 2.90 bits per heavy atom. The van der Waals surface area contributed by atoms with Crippen LogP contribution in [0.4, 0.5) is 5.69 Å². The minimum Gasteiger partial charge on any atom is -0.493 e. The van der Waals surface area contributed by atoms with Crippen LogP contribution in [-0.2, 0) is 13.1 Å². The van der Waals surface area contributed by atoms with Gasteiger partial charge in [-0.3, -0.25) is 4.68 Å². The highest BCUT2D eigenvalue weighted by molar-refractivity contribution is 9.10. The molecular weight excluding hydrogens is 318 g/mol. The molecule has 0 saturated heterocycles. The molecule has 0 aliphatic carbocycles. The zero-order valence-corrected chi connectivity index (χ0v) is 13.5. The Balaban J connectivity index is 2.05. The van der Waals surface area contributed by atoms with Crippen molar-refractivity contribution in [3.05, 3.63) is 40.6 Å². The number of rotatable bonds is 7. The third kappa shape index (κ3) is 4.00. The topological polar surface area (TPSA) is 39.1 Å². The van der Waals surface area contributed by atoms with E-state index in [4.69, 9.17) is 4.74 Å². The summed E-state index contributed by atoms with van der Waals surface area (Å²) >= 11 is 3.51. The van der Waals surface area contributed by atoms with Crippen molar-refractivity contribution in [1.29, 1.82) is 0 Å². The van der Waals surface area contributed by atoms with E-state index in [2.05, 4.69) is 46.3 Å².